The average molecular weight is 494 g/mol. The lowest BCUT2D eigenvalue weighted by atomic mass is 9.92. The summed E-state index contributed by atoms with van der Waals surface area (Å²) in [4.78, 5) is 21.5. The predicted molar refractivity (Wildman–Crippen MR) is 133 cm³/mol. The molecule has 1 aliphatic rings. The highest BCUT2D eigenvalue weighted by Crippen LogP contribution is 2.32. The maximum atomic E-state index is 13.5. The maximum absolute atomic E-state index is 13.5. The van der Waals surface area contributed by atoms with Crippen LogP contribution in [0, 0.1) is 5.92 Å². The molecule has 36 heavy (non-hydrogen) atoms. The van der Waals surface area contributed by atoms with E-state index < -0.39 is 17.3 Å². The number of aromatic nitrogens is 3. The number of benzene rings is 2. The lowest BCUT2D eigenvalue weighted by Gasteiger charge is -2.22. The van der Waals surface area contributed by atoms with Crippen LogP contribution in [0.15, 0.2) is 71.7 Å². The normalized spacial score (nSPS) is 16.2. The average Bonchev–Trinajstić information content (AvgIpc) is 2.87. The molecule has 6 nitrogen and oxygen atoms in total. The van der Waals surface area contributed by atoms with Gasteiger partial charge in [0.15, 0.2) is 0 Å². The molecule has 1 unspecified atom stereocenters. The minimum absolute atomic E-state index is 0.00326. The first kappa shape index (κ1) is 24.0. The minimum atomic E-state index is -4.52. The third kappa shape index (κ3) is 5.41. The van der Waals surface area contributed by atoms with E-state index in [1.54, 1.807) is 12.3 Å². The Morgan fingerprint density at radius 3 is 2.61 bits per heavy atom. The van der Waals surface area contributed by atoms with Gasteiger partial charge in [-0.15, -0.1) is 0 Å². The van der Waals surface area contributed by atoms with Gasteiger partial charge in [-0.3, -0.25) is 9.36 Å². The van der Waals surface area contributed by atoms with E-state index in [0.717, 1.165) is 31.3 Å². The summed E-state index contributed by atoms with van der Waals surface area (Å²) in [5.74, 6) is 0.899. The van der Waals surface area contributed by atoms with Crippen molar-refractivity contribution in [2.24, 2.45) is 5.92 Å². The third-order valence-corrected chi connectivity index (χ3v) is 6.51. The van der Waals surface area contributed by atoms with Gasteiger partial charge >= 0.3 is 6.18 Å². The number of nitrogens with one attached hydrogen (secondary N) is 2. The fraction of sp³-hybridized carbons (Fsp3) is 0.296. The summed E-state index contributed by atoms with van der Waals surface area (Å²) in [6.45, 7) is 1.88. The number of piperidine rings is 1. The van der Waals surface area contributed by atoms with Gasteiger partial charge in [0.2, 0.25) is 5.95 Å². The van der Waals surface area contributed by atoms with Crippen molar-refractivity contribution in [2.45, 2.75) is 32.0 Å². The zero-order valence-corrected chi connectivity index (χ0v) is 19.6. The SMILES string of the molecule is O=c1ccc2cnc(Nc3ccc(CC4CCCNC4)cc3)nc2n1Cc1ccccc1C(F)(F)F. The molecule has 0 bridgehead atoms. The number of nitrogens with zero attached hydrogens (tertiary/aromatic N) is 3. The lowest BCUT2D eigenvalue weighted by molar-refractivity contribution is -0.138. The van der Waals surface area contributed by atoms with E-state index in [9.17, 15) is 18.0 Å². The molecule has 0 saturated carbocycles. The fourth-order valence-electron chi connectivity index (χ4n) is 4.67. The summed E-state index contributed by atoms with van der Waals surface area (Å²) < 4.78 is 41.8. The van der Waals surface area contributed by atoms with Gasteiger partial charge in [0.25, 0.3) is 5.56 Å². The van der Waals surface area contributed by atoms with E-state index in [1.807, 2.05) is 12.1 Å². The van der Waals surface area contributed by atoms with Gasteiger partial charge in [-0.2, -0.15) is 18.2 Å². The molecule has 1 atom stereocenters. The van der Waals surface area contributed by atoms with Crippen molar-refractivity contribution in [1.29, 1.82) is 0 Å². The maximum Gasteiger partial charge on any atom is 0.416 e. The third-order valence-electron chi connectivity index (χ3n) is 6.51. The molecule has 4 aromatic rings. The standard InChI is InChI=1S/C27H26F3N5O/c28-27(29,30)23-6-2-1-5-21(23)17-35-24(36)12-9-20-16-32-26(34-25(20)35)33-22-10-7-18(8-11-22)14-19-4-3-13-31-15-19/h1-2,5-12,16,19,31H,3-4,13-15,17H2,(H,32,33,34). The first-order valence-corrected chi connectivity index (χ1v) is 12.0. The Hall–Kier alpha value is -3.72. The van der Waals surface area contributed by atoms with Gasteiger partial charge in [-0.05, 0) is 73.7 Å². The Labute approximate surface area is 206 Å². The van der Waals surface area contributed by atoms with Crippen LogP contribution in [-0.4, -0.2) is 27.6 Å². The Kier molecular flexibility index (Phi) is 6.73. The Balaban J connectivity index is 1.40. The van der Waals surface area contributed by atoms with Crippen LogP contribution in [0.1, 0.15) is 29.5 Å². The van der Waals surface area contributed by atoms with Crippen molar-refractivity contribution >= 4 is 22.7 Å². The van der Waals surface area contributed by atoms with Gasteiger partial charge < -0.3 is 10.6 Å². The van der Waals surface area contributed by atoms with E-state index in [2.05, 4.69) is 32.7 Å². The van der Waals surface area contributed by atoms with Gasteiger partial charge in [0, 0.05) is 23.3 Å². The Morgan fingerprint density at radius 2 is 1.86 bits per heavy atom. The summed E-state index contributed by atoms with van der Waals surface area (Å²) >= 11 is 0. The second-order valence-electron chi connectivity index (χ2n) is 9.12. The second-order valence-corrected chi connectivity index (χ2v) is 9.12. The van der Waals surface area contributed by atoms with Crippen molar-refractivity contribution < 1.29 is 13.2 Å². The highest BCUT2D eigenvalue weighted by atomic mass is 19.4. The number of hydrogen-bond donors (Lipinski definition) is 2. The van der Waals surface area contributed by atoms with Crippen LogP contribution in [0.2, 0.25) is 0 Å². The highest BCUT2D eigenvalue weighted by molar-refractivity contribution is 5.75. The van der Waals surface area contributed by atoms with Gasteiger partial charge in [-0.1, -0.05) is 30.3 Å². The van der Waals surface area contributed by atoms with Crippen LogP contribution in [0.25, 0.3) is 11.0 Å². The fourth-order valence-corrected chi connectivity index (χ4v) is 4.67. The molecular weight excluding hydrogens is 467 g/mol. The van der Waals surface area contributed by atoms with E-state index in [1.165, 1.54) is 47.2 Å². The molecule has 0 radical (unpaired) electrons. The van der Waals surface area contributed by atoms with Crippen molar-refractivity contribution in [3.8, 4) is 0 Å². The number of rotatable bonds is 6. The molecule has 1 fully saturated rings. The molecule has 0 aliphatic carbocycles. The van der Waals surface area contributed by atoms with Crippen LogP contribution >= 0.6 is 0 Å². The zero-order valence-electron chi connectivity index (χ0n) is 19.6. The first-order chi connectivity index (χ1) is 17.4. The summed E-state index contributed by atoms with van der Waals surface area (Å²) in [5, 5.41) is 7.14. The molecule has 1 saturated heterocycles. The van der Waals surface area contributed by atoms with E-state index >= 15 is 0 Å². The van der Waals surface area contributed by atoms with Crippen molar-refractivity contribution in [2.75, 3.05) is 18.4 Å². The smallest absolute Gasteiger partial charge is 0.324 e. The van der Waals surface area contributed by atoms with Crippen LogP contribution in [0.4, 0.5) is 24.8 Å². The summed E-state index contributed by atoms with van der Waals surface area (Å²) in [7, 11) is 0. The molecule has 186 valence electrons. The van der Waals surface area contributed by atoms with Crippen LogP contribution in [0.5, 0.6) is 0 Å². The molecular formula is C27H26F3N5O. The van der Waals surface area contributed by atoms with Gasteiger partial charge in [0.05, 0.1) is 12.1 Å². The number of hydrogen-bond acceptors (Lipinski definition) is 5. The summed E-state index contributed by atoms with van der Waals surface area (Å²) in [6.07, 6.45) is 0.488. The monoisotopic (exact) mass is 493 g/mol. The molecule has 0 amide bonds. The van der Waals surface area contributed by atoms with Crippen molar-refractivity contribution in [3.63, 3.8) is 0 Å². The molecule has 5 rings (SSSR count). The Morgan fingerprint density at radius 1 is 1.06 bits per heavy atom. The van der Waals surface area contributed by atoms with E-state index in [-0.39, 0.29) is 23.7 Å². The lowest BCUT2D eigenvalue weighted by Crippen LogP contribution is -2.30. The van der Waals surface area contributed by atoms with Gasteiger partial charge in [-0.25, -0.2) is 4.98 Å². The zero-order chi connectivity index (χ0) is 25.1. The largest absolute Gasteiger partial charge is 0.416 e. The number of halogens is 3. The number of anilines is 2. The first-order valence-electron chi connectivity index (χ1n) is 12.0. The highest BCUT2D eigenvalue weighted by Gasteiger charge is 2.33. The van der Waals surface area contributed by atoms with Crippen LogP contribution in [-0.2, 0) is 19.1 Å². The van der Waals surface area contributed by atoms with Crippen LogP contribution < -0.4 is 16.2 Å². The predicted octanol–water partition coefficient (Wildman–Crippen LogP) is 5.14. The van der Waals surface area contributed by atoms with Gasteiger partial charge in [0.1, 0.15) is 5.65 Å². The van der Waals surface area contributed by atoms with E-state index in [0.29, 0.717) is 11.3 Å². The summed E-state index contributed by atoms with van der Waals surface area (Å²) in [6, 6.07) is 16.2. The number of fused-ring (bicyclic) bond motifs is 1. The molecule has 9 heteroatoms. The molecule has 3 heterocycles. The second kappa shape index (κ2) is 10.1. The van der Waals surface area contributed by atoms with Crippen molar-refractivity contribution in [3.05, 3.63) is 93.9 Å². The molecule has 2 aromatic heterocycles. The topological polar surface area (TPSA) is 71.8 Å². The Bertz CT molecular complexity index is 1410. The molecule has 2 N–H and O–H groups in total. The quantitative estimate of drug-likeness (QED) is 0.389. The molecule has 0 spiro atoms. The summed E-state index contributed by atoms with van der Waals surface area (Å²) in [5.41, 5.74) is 1.09. The molecule has 2 aromatic carbocycles. The minimum Gasteiger partial charge on any atom is -0.324 e. The van der Waals surface area contributed by atoms with Crippen molar-refractivity contribution in [1.82, 2.24) is 19.9 Å². The number of alkyl halides is 3. The van der Waals surface area contributed by atoms with Crippen LogP contribution in [0.3, 0.4) is 0 Å². The molecule has 1 aliphatic heterocycles. The number of pyridine rings is 1. The van der Waals surface area contributed by atoms with E-state index in [4.69, 9.17) is 0 Å².